The van der Waals surface area contributed by atoms with Gasteiger partial charge in [-0.15, -0.1) is 12.6 Å². The molecule has 0 aliphatic rings. The molecule has 0 aliphatic carbocycles. The maximum absolute atomic E-state index is 11.2. The van der Waals surface area contributed by atoms with Crippen molar-refractivity contribution >= 4 is 24.4 Å². The van der Waals surface area contributed by atoms with Crippen molar-refractivity contribution in [2.24, 2.45) is 0 Å². The first-order valence-electron chi connectivity index (χ1n) is 3.98. The molecule has 76 valence electrons. The topological polar surface area (TPSA) is 43.4 Å². The number of thiol groups is 1. The van der Waals surface area contributed by atoms with Gasteiger partial charge in [-0.3, -0.25) is 4.79 Å². The van der Waals surface area contributed by atoms with Crippen LogP contribution in [-0.4, -0.2) is 18.9 Å². The van der Waals surface area contributed by atoms with E-state index in [1.165, 1.54) is 20.1 Å². The van der Waals surface area contributed by atoms with E-state index in [1.54, 1.807) is 12.1 Å². The molecule has 0 saturated carbocycles. The van der Waals surface area contributed by atoms with Crippen molar-refractivity contribution in [2.45, 2.75) is 11.8 Å². The van der Waals surface area contributed by atoms with Crippen molar-refractivity contribution in [1.82, 2.24) is 0 Å². The molecule has 0 heterocycles. The third-order valence-electron chi connectivity index (χ3n) is 1.81. The first-order chi connectivity index (χ1) is 6.56. The normalized spacial score (nSPS) is 9.00. The zero-order chi connectivity index (χ0) is 10.7. The van der Waals surface area contributed by atoms with E-state index in [9.17, 15) is 9.59 Å². The van der Waals surface area contributed by atoms with E-state index in [1.807, 2.05) is 0 Å². The van der Waals surface area contributed by atoms with Crippen LogP contribution in [-0.2, 0) is 24.2 Å². The average molecular weight is 276 g/mol. The van der Waals surface area contributed by atoms with Crippen molar-refractivity contribution in [3.05, 3.63) is 29.3 Å². The Bertz CT molecular complexity index is 390. The number of Topliss-reactive ketones (excluding diaryl/α,β-unsaturated/α-hetero) is 1. The minimum atomic E-state index is -0.488. The van der Waals surface area contributed by atoms with Crippen LogP contribution in [0, 0.1) is 0 Å². The van der Waals surface area contributed by atoms with Crippen LogP contribution >= 0.6 is 12.6 Å². The largest absolute Gasteiger partial charge is 0.465 e. The molecule has 0 unspecified atom stereocenters. The molecule has 3 nitrogen and oxygen atoms in total. The minimum absolute atomic E-state index is 0. The number of rotatable bonds is 2. The van der Waals surface area contributed by atoms with E-state index in [0.717, 1.165) is 0 Å². The number of ether oxygens (including phenoxy) is 1. The summed E-state index contributed by atoms with van der Waals surface area (Å²) in [6.45, 7) is 1.44. The maximum Gasteiger partial charge on any atom is 0.339 e. The maximum atomic E-state index is 11.2. The van der Waals surface area contributed by atoms with E-state index < -0.39 is 5.97 Å². The van der Waals surface area contributed by atoms with Crippen molar-refractivity contribution in [3.63, 3.8) is 0 Å². The zero-order valence-electron chi connectivity index (χ0n) is 8.61. The molecule has 0 spiro atoms. The summed E-state index contributed by atoms with van der Waals surface area (Å²) in [4.78, 5) is 22.8. The molecule has 0 fully saturated rings. The summed E-state index contributed by atoms with van der Waals surface area (Å²) in [6.07, 6.45) is 0. The van der Waals surface area contributed by atoms with Gasteiger partial charge in [0.05, 0.1) is 12.7 Å². The van der Waals surface area contributed by atoms with Crippen molar-refractivity contribution in [1.29, 1.82) is 0 Å². The monoisotopic (exact) mass is 274 g/mol. The zero-order valence-corrected chi connectivity index (χ0v) is 12.5. The van der Waals surface area contributed by atoms with Gasteiger partial charge in [0.15, 0.2) is 5.78 Å². The Morgan fingerprint density at radius 1 is 1.33 bits per heavy atom. The van der Waals surface area contributed by atoms with Crippen molar-refractivity contribution in [3.8, 4) is 0 Å². The number of methoxy groups -OCH3 is 1. The Kier molecular flexibility index (Phi) is 5.77. The molecular weight excluding hydrogens is 266 g/mol. The van der Waals surface area contributed by atoms with Crippen LogP contribution in [0.15, 0.2) is 23.1 Å². The smallest absolute Gasteiger partial charge is 0.339 e. The molecule has 0 aromatic heterocycles. The molecule has 5 heteroatoms. The van der Waals surface area contributed by atoms with Gasteiger partial charge < -0.3 is 4.74 Å². The summed E-state index contributed by atoms with van der Waals surface area (Å²) in [7, 11) is 1.29. The van der Waals surface area contributed by atoms with Crippen LogP contribution in [0.4, 0.5) is 0 Å². The Labute approximate surface area is 106 Å². The Morgan fingerprint density at radius 3 is 2.40 bits per heavy atom. The standard InChI is InChI=1S/C10H10O3S.Zn/c1-6(11)7-3-4-9(14)8(5-7)10(12)13-2;/h3-5,14H,1-2H3;. The molecule has 1 aromatic carbocycles. The van der Waals surface area contributed by atoms with Gasteiger partial charge in [-0.25, -0.2) is 4.79 Å². The molecule has 0 atom stereocenters. The summed E-state index contributed by atoms with van der Waals surface area (Å²) in [6, 6.07) is 4.71. The second kappa shape index (κ2) is 6.03. The fraction of sp³-hybridized carbons (Fsp3) is 0.200. The molecule has 0 aliphatic heterocycles. The average Bonchev–Trinajstić information content (AvgIpc) is 2.17. The summed E-state index contributed by atoms with van der Waals surface area (Å²) >= 11 is 4.09. The summed E-state index contributed by atoms with van der Waals surface area (Å²) < 4.78 is 4.55. The predicted molar refractivity (Wildman–Crippen MR) is 55.0 cm³/mol. The van der Waals surface area contributed by atoms with Gasteiger partial charge in [-0.1, -0.05) is 6.07 Å². The second-order valence-corrected chi connectivity index (χ2v) is 3.26. The van der Waals surface area contributed by atoms with Gasteiger partial charge in [-0.05, 0) is 19.1 Å². The van der Waals surface area contributed by atoms with E-state index >= 15 is 0 Å². The van der Waals surface area contributed by atoms with E-state index in [-0.39, 0.29) is 25.3 Å². The van der Waals surface area contributed by atoms with E-state index in [4.69, 9.17) is 0 Å². The van der Waals surface area contributed by atoms with Gasteiger partial charge in [-0.2, -0.15) is 0 Å². The fourth-order valence-corrected chi connectivity index (χ4v) is 1.26. The van der Waals surface area contributed by atoms with Crippen LogP contribution in [0.2, 0.25) is 0 Å². The van der Waals surface area contributed by atoms with Crippen LogP contribution in [0.5, 0.6) is 0 Å². The third-order valence-corrected chi connectivity index (χ3v) is 2.20. The predicted octanol–water partition coefficient (Wildman–Crippen LogP) is 1.96. The molecule has 0 amide bonds. The fourth-order valence-electron chi connectivity index (χ4n) is 1.03. The molecule has 1 rings (SSSR count). The SMILES string of the molecule is COC(=O)c1cc(C(C)=O)ccc1S.[Zn]. The Balaban J connectivity index is 0.00000196. The van der Waals surface area contributed by atoms with Crippen LogP contribution < -0.4 is 0 Å². The number of hydrogen-bond donors (Lipinski definition) is 1. The number of ketones is 1. The van der Waals surface area contributed by atoms with E-state index in [2.05, 4.69) is 17.4 Å². The van der Waals surface area contributed by atoms with Gasteiger partial charge in [0.2, 0.25) is 0 Å². The number of carbonyl (C=O) groups is 2. The molecule has 0 saturated heterocycles. The molecule has 15 heavy (non-hydrogen) atoms. The Hall–Kier alpha value is -0.667. The number of esters is 1. The number of hydrogen-bond acceptors (Lipinski definition) is 4. The molecule has 0 radical (unpaired) electrons. The van der Waals surface area contributed by atoms with Crippen LogP contribution in [0.25, 0.3) is 0 Å². The first-order valence-corrected chi connectivity index (χ1v) is 4.43. The van der Waals surface area contributed by atoms with Crippen LogP contribution in [0.3, 0.4) is 0 Å². The minimum Gasteiger partial charge on any atom is -0.465 e. The molecule has 0 N–H and O–H groups in total. The van der Waals surface area contributed by atoms with Crippen molar-refractivity contribution < 1.29 is 33.8 Å². The van der Waals surface area contributed by atoms with E-state index in [0.29, 0.717) is 16.0 Å². The molecule has 1 aromatic rings. The van der Waals surface area contributed by atoms with Gasteiger partial charge in [0.25, 0.3) is 0 Å². The summed E-state index contributed by atoms with van der Waals surface area (Å²) in [5, 5.41) is 0. The number of benzene rings is 1. The van der Waals surface area contributed by atoms with Gasteiger partial charge in [0, 0.05) is 29.9 Å². The summed E-state index contributed by atoms with van der Waals surface area (Å²) in [5.41, 5.74) is 0.784. The first kappa shape index (κ1) is 14.3. The third kappa shape index (κ3) is 3.43. The summed E-state index contributed by atoms with van der Waals surface area (Å²) in [5.74, 6) is -0.582. The Morgan fingerprint density at radius 2 is 1.93 bits per heavy atom. The number of carbonyl (C=O) groups excluding carboxylic acids is 2. The molecule has 0 bridgehead atoms. The van der Waals surface area contributed by atoms with Gasteiger partial charge in [0.1, 0.15) is 0 Å². The van der Waals surface area contributed by atoms with Crippen LogP contribution in [0.1, 0.15) is 27.6 Å². The quantitative estimate of drug-likeness (QED) is 0.388. The van der Waals surface area contributed by atoms with Gasteiger partial charge >= 0.3 is 5.97 Å². The molecular formula is C10H10O3SZn. The van der Waals surface area contributed by atoms with Crippen molar-refractivity contribution in [2.75, 3.05) is 7.11 Å². The second-order valence-electron chi connectivity index (χ2n) is 2.78.